The first kappa shape index (κ1) is 18.3. The molecule has 24 heavy (non-hydrogen) atoms. The number of fused-ring (bicyclic) bond motifs is 1. The van der Waals surface area contributed by atoms with Gasteiger partial charge in [-0.1, -0.05) is 27.7 Å². The lowest BCUT2D eigenvalue weighted by molar-refractivity contribution is -0.135. The van der Waals surface area contributed by atoms with E-state index in [-0.39, 0.29) is 29.9 Å². The van der Waals surface area contributed by atoms with Gasteiger partial charge in [0.05, 0.1) is 0 Å². The lowest BCUT2D eigenvalue weighted by atomic mass is 9.92. The average Bonchev–Trinajstić information content (AvgIpc) is 2.64. The van der Waals surface area contributed by atoms with Crippen molar-refractivity contribution < 1.29 is 14.3 Å². The third-order valence-corrected chi connectivity index (χ3v) is 4.17. The monoisotopic (exact) mass is 332 g/mol. The van der Waals surface area contributed by atoms with Crippen molar-refractivity contribution in [2.75, 3.05) is 11.9 Å². The Hall–Kier alpha value is -2.04. The molecular weight excluding hydrogens is 304 g/mol. The fourth-order valence-electron chi connectivity index (χ4n) is 2.72. The smallest absolute Gasteiger partial charge is 0.261 e. The van der Waals surface area contributed by atoms with Crippen LogP contribution < -0.4 is 10.1 Å². The van der Waals surface area contributed by atoms with Gasteiger partial charge in [0, 0.05) is 30.3 Å². The Balaban J connectivity index is 2.17. The first-order valence-corrected chi connectivity index (χ1v) is 8.54. The highest BCUT2D eigenvalue weighted by Gasteiger charge is 2.25. The van der Waals surface area contributed by atoms with Crippen LogP contribution in [0.25, 0.3) is 0 Å². The van der Waals surface area contributed by atoms with E-state index in [2.05, 4.69) is 12.2 Å². The molecule has 0 fully saturated rings. The molecule has 1 heterocycles. The number of hydrogen-bond acceptors (Lipinski definition) is 3. The Labute approximate surface area is 144 Å². The van der Waals surface area contributed by atoms with Crippen molar-refractivity contribution in [1.29, 1.82) is 0 Å². The van der Waals surface area contributed by atoms with Crippen LogP contribution >= 0.6 is 0 Å². The minimum atomic E-state index is -0.0569. The normalized spacial score (nSPS) is 16.0. The molecule has 0 radical (unpaired) electrons. The van der Waals surface area contributed by atoms with Crippen LogP contribution in [-0.4, -0.2) is 29.4 Å². The van der Waals surface area contributed by atoms with Crippen molar-refractivity contribution in [2.45, 2.75) is 60.0 Å². The summed E-state index contributed by atoms with van der Waals surface area (Å²) in [5.41, 5.74) is 1.61. The minimum absolute atomic E-state index is 0.00105. The molecule has 0 spiro atoms. The first-order valence-electron chi connectivity index (χ1n) is 8.54. The summed E-state index contributed by atoms with van der Waals surface area (Å²) in [6.45, 7) is 10.8. The lowest BCUT2D eigenvalue weighted by Gasteiger charge is -2.26. The highest BCUT2D eigenvalue weighted by Crippen LogP contribution is 2.28. The Kier molecular flexibility index (Phi) is 5.52. The van der Waals surface area contributed by atoms with Gasteiger partial charge in [-0.2, -0.15) is 0 Å². The summed E-state index contributed by atoms with van der Waals surface area (Å²) in [5.74, 6) is 0.702. The van der Waals surface area contributed by atoms with Gasteiger partial charge in [-0.15, -0.1) is 0 Å². The van der Waals surface area contributed by atoms with Gasteiger partial charge < -0.3 is 15.0 Å². The number of hydrogen-bond donors (Lipinski definition) is 1. The molecule has 132 valence electrons. The second-order valence-electron chi connectivity index (χ2n) is 7.68. The van der Waals surface area contributed by atoms with Crippen molar-refractivity contribution in [3.8, 4) is 5.75 Å². The summed E-state index contributed by atoms with van der Waals surface area (Å²) in [6, 6.07) is 5.72. The maximum absolute atomic E-state index is 12.2. The van der Waals surface area contributed by atoms with E-state index in [1.165, 1.54) is 0 Å². The molecule has 2 rings (SSSR count). The van der Waals surface area contributed by atoms with Crippen LogP contribution in [0.2, 0.25) is 0 Å². The molecule has 0 aliphatic carbocycles. The van der Waals surface area contributed by atoms with E-state index in [1.807, 2.05) is 50.8 Å². The molecule has 1 aromatic rings. The molecule has 5 nitrogen and oxygen atoms in total. The predicted molar refractivity (Wildman–Crippen MR) is 94.9 cm³/mol. The van der Waals surface area contributed by atoms with E-state index in [1.54, 1.807) is 0 Å². The number of nitrogens with one attached hydrogen (secondary N) is 1. The maximum Gasteiger partial charge on any atom is 0.261 e. The Morgan fingerprint density at radius 1 is 1.38 bits per heavy atom. The van der Waals surface area contributed by atoms with E-state index >= 15 is 0 Å². The van der Waals surface area contributed by atoms with Gasteiger partial charge in [-0.3, -0.25) is 9.59 Å². The highest BCUT2D eigenvalue weighted by atomic mass is 16.5. The Morgan fingerprint density at radius 3 is 2.71 bits per heavy atom. The molecule has 1 N–H and O–H groups in total. The van der Waals surface area contributed by atoms with Crippen molar-refractivity contribution >= 4 is 17.5 Å². The summed E-state index contributed by atoms with van der Waals surface area (Å²) < 4.78 is 5.62. The van der Waals surface area contributed by atoms with E-state index in [0.29, 0.717) is 18.7 Å². The number of benzene rings is 1. The van der Waals surface area contributed by atoms with Gasteiger partial charge in [-0.25, -0.2) is 0 Å². The van der Waals surface area contributed by atoms with Crippen LogP contribution in [0.4, 0.5) is 5.69 Å². The van der Waals surface area contributed by atoms with Crippen molar-refractivity contribution in [1.82, 2.24) is 4.90 Å². The zero-order chi connectivity index (χ0) is 17.9. The van der Waals surface area contributed by atoms with Crippen molar-refractivity contribution in [3.05, 3.63) is 23.8 Å². The van der Waals surface area contributed by atoms with Crippen LogP contribution in [-0.2, 0) is 16.1 Å². The maximum atomic E-state index is 12.2. The quantitative estimate of drug-likeness (QED) is 0.917. The van der Waals surface area contributed by atoms with Crippen LogP contribution in [0.1, 0.15) is 53.0 Å². The summed E-state index contributed by atoms with van der Waals surface area (Å²) in [6.07, 6.45) is 1.35. The fourth-order valence-corrected chi connectivity index (χ4v) is 2.72. The minimum Gasteiger partial charge on any atom is -0.483 e. The number of nitrogens with zero attached hydrogens (tertiary/aromatic N) is 1. The molecule has 2 amide bonds. The van der Waals surface area contributed by atoms with E-state index in [4.69, 9.17) is 4.74 Å². The molecule has 5 heteroatoms. The fraction of sp³-hybridized carbons (Fsp3) is 0.579. The second kappa shape index (κ2) is 7.24. The number of rotatable bonds is 4. The van der Waals surface area contributed by atoms with E-state index in [9.17, 15) is 9.59 Å². The van der Waals surface area contributed by atoms with Gasteiger partial charge in [0.1, 0.15) is 5.75 Å². The third-order valence-electron chi connectivity index (χ3n) is 4.17. The second-order valence-corrected chi connectivity index (χ2v) is 7.68. The summed E-state index contributed by atoms with van der Waals surface area (Å²) in [7, 11) is 0. The molecular formula is C19H28N2O3. The predicted octanol–water partition coefficient (Wildman–Crippen LogP) is 3.58. The van der Waals surface area contributed by atoms with Crippen molar-refractivity contribution in [2.24, 2.45) is 5.41 Å². The number of amides is 2. The molecule has 0 bridgehead atoms. The zero-order valence-corrected chi connectivity index (χ0v) is 15.3. The molecule has 0 aromatic heterocycles. The zero-order valence-electron chi connectivity index (χ0n) is 15.3. The molecule has 1 unspecified atom stereocenters. The van der Waals surface area contributed by atoms with Crippen molar-refractivity contribution in [3.63, 3.8) is 0 Å². The van der Waals surface area contributed by atoms with Crippen LogP contribution in [0.3, 0.4) is 0 Å². The Bertz CT molecular complexity index is 620. The lowest BCUT2D eigenvalue weighted by Crippen LogP contribution is -2.39. The van der Waals surface area contributed by atoms with Gasteiger partial charge >= 0.3 is 0 Å². The van der Waals surface area contributed by atoms with Gasteiger partial charge in [-0.05, 0) is 37.0 Å². The van der Waals surface area contributed by atoms with E-state index < -0.39 is 0 Å². The summed E-state index contributed by atoms with van der Waals surface area (Å²) in [5, 5.41) is 2.94. The number of carbonyl (C=O) groups excluding carboxylic acids is 2. The van der Waals surface area contributed by atoms with E-state index in [0.717, 1.165) is 17.7 Å². The van der Waals surface area contributed by atoms with Gasteiger partial charge in [0.15, 0.2) is 6.61 Å². The molecule has 1 aliphatic heterocycles. The van der Waals surface area contributed by atoms with Crippen LogP contribution in [0.5, 0.6) is 5.75 Å². The Morgan fingerprint density at radius 2 is 2.08 bits per heavy atom. The molecule has 0 saturated heterocycles. The summed E-state index contributed by atoms with van der Waals surface area (Å²) >= 11 is 0. The first-order chi connectivity index (χ1) is 11.2. The molecule has 1 aliphatic rings. The van der Waals surface area contributed by atoms with Gasteiger partial charge in [0.25, 0.3) is 5.91 Å². The number of ether oxygens (including phenoxy) is 1. The number of anilines is 1. The SMILES string of the molecule is CCC(C)N1Cc2cc(NC(=O)CC(C)(C)C)ccc2OCC1=O. The molecule has 1 aromatic carbocycles. The third kappa shape index (κ3) is 4.73. The molecule has 1 atom stereocenters. The van der Waals surface area contributed by atoms with Crippen LogP contribution in [0.15, 0.2) is 18.2 Å². The number of carbonyl (C=O) groups is 2. The van der Waals surface area contributed by atoms with Gasteiger partial charge in [0.2, 0.25) is 5.91 Å². The topological polar surface area (TPSA) is 58.6 Å². The highest BCUT2D eigenvalue weighted by molar-refractivity contribution is 5.91. The van der Waals surface area contributed by atoms with Crippen LogP contribution in [0, 0.1) is 5.41 Å². The molecule has 0 saturated carbocycles. The largest absolute Gasteiger partial charge is 0.483 e. The standard InChI is InChI=1S/C19H28N2O3/c1-6-13(2)21-11-14-9-15(20-17(22)10-19(3,4)5)7-8-16(14)24-12-18(21)23/h7-9,13H,6,10-12H2,1-5H3,(H,20,22). The summed E-state index contributed by atoms with van der Waals surface area (Å²) in [4.78, 5) is 26.2. The average molecular weight is 332 g/mol.